The van der Waals surface area contributed by atoms with E-state index in [4.69, 9.17) is 11.6 Å². The Hall–Kier alpha value is -1.80. The van der Waals surface area contributed by atoms with E-state index in [0.29, 0.717) is 30.5 Å². The Bertz CT molecular complexity index is 749. The monoisotopic (exact) mass is 386 g/mol. The SMILES string of the molecule is O=C(NCCCl)N1CCC(c2nnc(-c3ccc(F)cc3F)s2)CC1. The van der Waals surface area contributed by atoms with Crippen LogP contribution in [0.3, 0.4) is 0 Å². The van der Waals surface area contributed by atoms with Gasteiger partial charge in [-0.25, -0.2) is 13.6 Å². The van der Waals surface area contributed by atoms with Crippen molar-refractivity contribution in [3.63, 3.8) is 0 Å². The molecule has 1 aromatic carbocycles. The first-order valence-corrected chi connectivity index (χ1v) is 9.31. The van der Waals surface area contributed by atoms with Crippen LogP contribution in [0.15, 0.2) is 18.2 Å². The second kappa shape index (κ2) is 8.05. The average molecular weight is 387 g/mol. The molecule has 0 saturated carbocycles. The molecule has 1 aliphatic heterocycles. The Morgan fingerprint density at radius 2 is 2.08 bits per heavy atom. The van der Waals surface area contributed by atoms with E-state index in [1.165, 1.54) is 23.5 Å². The lowest BCUT2D eigenvalue weighted by Gasteiger charge is -2.30. The summed E-state index contributed by atoms with van der Waals surface area (Å²) >= 11 is 6.88. The topological polar surface area (TPSA) is 58.1 Å². The molecule has 2 heterocycles. The minimum absolute atomic E-state index is 0.106. The van der Waals surface area contributed by atoms with E-state index in [2.05, 4.69) is 15.5 Å². The summed E-state index contributed by atoms with van der Waals surface area (Å²) < 4.78 is 26.9. The Morgan fingerprint density at radius 3 is 2.76 bits per heavy atom. The summed E-state index contributed by atoms with van der Waals surface area (Å²) in [7, 11) is 0. The molecule has 1 N–H and O–H groups in total. The summed E-state index contributed by atoms with van der Waals surface area (Å²) in [6, 6.07) is 3.32. The van der Waals surface area contributed by atoms with Crippen LogP contribution in [0.2, 0.25) is 0 Å². The first-order chi connectivity index (χ1) is 12.1. The van der Waals surface area contributed by atoms with Gasteiger partial charge < -0.3 is 10.2 Å². The summed E-state index contributed by atoms with van der Waals surface area (Å²) in [6.45, 7) is 1.69. The highest BCUT2D eigenvalue weighted by Gasteiger charge is 2.26. The van der Waals surface area contributed by atoms with Gasteiger partial charge in [0.05, 0.1) is 0 Å². The predicted molar refractivity (Wildman–Crippen MR) is 92.9 cm³/mol. The number of hydrogen-bond donors (Lipinski definition) is 1. The van der Waals surface area contributed by atoms with E-state index >= 15 is 0 Å². The molecule has 1 aromatic heterocycles. The second-order valence-electron chi connectivity index (χ2n) is 5.75. The molecule has 1 aliphatic rings. The molecule has 2 aromatic rings. The highest BCUT2D eigenvalue weighted by Crippen LogP contribution is 2.34. The third kappa shape index (κ3) is 4.24. The van der Waals surface area contributed by atoms with Gasteiger partial charge in [0.15, 0.2) is 5.01 Å². The summed E-state index contributed by atoms with van der Waals surface area (Å²) in [4.78, 5) is 13.7. The first-order valence-electron chi connectivity index (χ1n) is 7.96. The number of nitrogens with one attached hydrogen (secondary N) is 1. The van der Waals surface area contributed by atoms with Gasteiger partial charge in [0, 0.05) is 43.1 Å². The fourth-order valence-electron chi connectivity index (χ4n) is 2.77. The Kier molecular flexibility index (Phi) is 5.80. The average Bonchev–Trinajstić information content (AvgIpc) is 3.09. The van der Waals surface area contributed by atoms with Crippen molar-refractivity contribution in [3.05, 3.63) is 34.8 Å². The molecule has 9 heteroatoms. The number of piperidine rings is 1. The zero-order chi connectivity index (χ0) is 17.8. The van der Waals surface area contributed by atoms with Crippen LogP contribution in [0.25, 0.3) is 10.6 Å². The molecule has 0 radical (unpaired) electrons. The minimum atomic E-state index is -0.645. The molecule has 0 aliphatic carbocycles. The first kappa shape index (κ1) is 18.0. The summed E-state index contributed by atoms with van der Waals surface area (Å²) in [5.41, 5.74) is 0.253. The van der Waals surface area contributed by atoms with Gasteiger partial charge >= 0.3 is 6.03 Å². The molecule has 3 rings (SSSR count). The van der Waals surface area contributed by atoms with Crippen molar-refractivity contribution in [1.82, 2.24) is 20.4 Å². The minimum Gasteiger partial charge on any atom is -0.337 e. The molecule has 0 atom stereocenters. The van der Waals surface area contributed by atoms with Crippen LogP contribution in [-0.4, -0.2) is 46.6 Å². The quantitative estimate of drug-likeness (QED) is 0.816. The number of alkyl halides is 1. The third-order valence-electron chi connectivity index (χ3n) is 4.10. The molecule has 2 amide bonds. The largest absolute Gasteiger partial charge is 0.337 e. The lowest BCUT2D eigenvalue weighted by molar-refractivity contribution is 0.182. The van der Waals surface area contributed by atoms with Crippen LogP contribution in [-0.2, 0) is 0 Å². The van der Waals surface area contributed by atoms with E-state index in [9.17, 15) is 13.6 Å². The zero-order valence-corrected chi connectivity index (χ0v) is 14.9. The van der Waals surface area contributed by atoms with Crippen molar-refractivity contribution in [2.75, 3.05) is 25.5 Å². The van der Waals surface area contributed by atoms with Crippen LogP contribution in [0, 0.1) is 11.6 Å². The van der Waals surface area contributed by atoms with Crippen LogP contribution >= 0.6 is 22.9 Å². The maximum atomic E-state index is 13.9. The van der Waals surface area contributed by atoms with Crippen molar-refractivity contribution in [1.29, 1.82) is 0 Å². The van der Waals surface area contributed by atoms with Gasteiger partial charge in [-0.1, -0.05) is 11.3 Å². The smallest absolute Gasteiger partial charge is 0.317 e. The van der Waals surface area contributed by atoms with E-state index in [0.717, 1.165) is 23.9 Å². The Labute approximate surface area is 153 Å². The van der Waals surface area contributed by atoms with Crippen molar-refractivity contribution in [2.24, 2.45) is 0 Å². The fraction of sp³-hybridized carbons (Fsp3) is 0.438. The number of halogens is 3. The molecular formula is C16H17ClF2N4OS. The van der Waals surface area contributed by atoms with Gasteiger partial charge in [0.2, 0.25) is 0 Å². The van der Waals surface area contributed by atoms with Crippen LogP contribution in [0.5, 0.6) is 0 Å². The van der Waals surface area contributed by atoms with Gasteiger partial charge in [0.25, 0.3) is 0 Å². The summed E-state index contributed by atoms with van der Waals surface area (Å²) in [6.07, 6.45) is 1.55. The number of nitrogens with zero attached hydrogens (tertiary/aromatic N) is 3. The fourth-order valence-corrected chi connectivity index (χ4v) is 3.90. The second-order valence-corrected chi connectivity index (χ2v) is 7.14. The van der Waals surface area contributed by atoms with E-state index in [1.807, 2.05) is 0 Å². The Morgan fingerprint density at radius 1 is 1.32 bits per heavy atom. The number of carbonyl (C=O) groups excluding carboxylic acids is 1. The van der Waals surface area contributed by atoms with Gasteiger partial charge in [-0.15, -0.1) is 21.8 Å². The van der Waals surface area contributed by atoms with E-state index < -0.39 is 11.6 Å². The maximum absolute atomic E-state index is 13.9. The molecule has 25 heavy (non-hydrogen) atoms. The lowest BCUT2D eigenvalue weighted by Crippen LogP contribution is -2.44. The van der Waals surface area contributed by atoms with Crippen LogP contribution < -0.4 is 5.32 Å². The molecule has 0 spiro atoms. The molecule has 1 fully saturated rings. The third-order valence-corrected chi connectivity index (χ3v) is 5.41. The van der Waals surface area contributed by atoms with Crippen LogP contribution in [0.1, 0.15) is 23.8 Å². The number of carbonyl (C=O) groups is 1. The molecule has 1 saturated heterocycles. The molecular weight excluding hydrogens is 370 g/mol. The summed E-state index contributed by atoms with van der Waals surface area (Å²) in [5.74, 6) is -0.693. The number of amides is 2. The number of aromatic nitrogens is 2. The van der Waals surface area contributed by atoms with Gasteiger partial charge in [-0.3, -0.25) is 0 Å². The molecule has 0 unspecified atom stereocenters. The van der Waals surface area contributed by atoms with Gasteiger partial charge in [-0.05, 0) is 25.0 Å². The zero-order valence-electron chi connectivity index (χ0n) is 13.3. The highest BCUT2D eigenvalue weighted by molar-refractivity contribution is 7.14. The number of benzene rings is 1. The van der Waals surface area contributed by atoms with Crippen molar-refractivity contribution >= 4 is 29.0 Å². The number of urea groups is 1. The van der Waals surface area contributed by atoms with Crippen LogP contribution in [0.4, 0.5) is 13.6 Å². The number of hydrogen-bond acceptors (Lipinski definition) is 4. The highest BCUT2D eigenvalue weighted by atomic mass is 35.5. The van der Waals surface area contributed by atoms with E-state index in [1.54, 1.807) is 4.90 Å². The Balaban J connectivity index is 1.63. The standard InChI is InChI=1S/C16H17ClF2N4OS/c17-5-6-20-16(24)23-7-3-10(4-8-23)14-21-22-15(25-14)12-2-1-11(18)9-13(12)19/h1-2,9-10H,3-8H2,(H,20,24). The molecule has 134 valence electrons. The lowest BCUT2D eigenvalue weighted by atomic mass is 9.98. The van der Waals surface area contributed by atoms with Crippen molar-refractivity contribution in [3.8, 4) is 10.6 Å². The van der Waals surface area contributed by atoms with Crippen molar-refractivity contribution in [2.45, 2.75) is 18.8 Å². The normalized spacial score (nSPS) is 15.4. The maximum Gasteiger partial charge on any atom is 0.317 e. The molecule has 5 nitrogen and oxygen atoms in total. The number of likely N-dealkylation sites (tertiary alicyclic amines) is 1. The number of rotatable bonds is 4. The predicted octanol–water partition coefficient (Wildman–Crippen LogP) is 3.61. The molecule has 0 bridgehead atoms. The van der Waals surface area contributed by atoms with Crippen molar-refractivity contribution < 1.29 is 13.6 Å². The van der Waals surface area contributed by atoms with Gasteiger partial charge in [-0.2, -0.15) is 0 Å². The summed E-state index contributed by atoms with van der Waals surface area (Å²) in [5, 5.41) is 12.2. The van der Waals surface area contributed by atoms with E-state index in [-0.39, 0.29) is 17.5 Å². The van der Waals surface area contributed by atoms with Gasteiger partial charge in [0.1, 0.15) is 16.6 Å².